The van der Waals surface area contributed by atoms with Gasteiger partial charge < -0.3 is 19.7 Å². The summed E-state index contributed by atoms with van der Waals surface area (Å²) in [5.41, 5.74) is 0.889. The third kappa shape index (κ3) is 4.16. The molecule has 2 aliphatic heterocycles. The van der Waals surface area contributed by atoms with Gasteiger partial charge in [-0.25, -0.2) is 4.98 Å². The Morgan fingerprint density at radius 2 is 1.86 bits per heavy atom. The van der Waals surface area contributed by atoms with Gasteiger partial charge in [-0.15, -0.1) is 0 Å². The van der Waals surface area contributed by atoms with E-state index in [4.69, 9.17) is 11.6 Å². The van der Waals surface area contributed by atoms with Crippen LogP contribution in [0, 0.1) is 6.92 Å². The maximum atomic E-state index is 13.2. The lowest BCUT2D eigenvalue weighted by molar-refractivity contribution is 0.0743. The first kappa shape index (κ1) is 19.9. The normalized spacial score (nSPS) is 18.1. The molecule has 7 nitrogen and oxygen atoms in total. The number of carbonyl (C=O) groups is 1. The third-order valence-corrected chi connectivity index (χ3v) is 6.07. The predicted octanol–water partition coefficient (Wildman–Crippen LogP) is 2.09. The molecule has 4 heterocycles. The predicted molar refractivity (Wildman–Crippen MR) is 114 cm³/mol. The Hall–Kier alpha value is -2.38. The molecule has 2 aromatic rings. The monoisotopic (exact) mass is 415 g/mol. The van der Waals surface area contributed by atoms with Gasteiger partial charge >= 0.3 is 0 Å². The summed E-state index contributed by atoms with van der Waals surface area (Å²) in [6.07, 6.45) is 5.28. The van der Waals surface area contributed by atoms with Crippen molar-refractivity contribution in [2.75, 3.05) is 44.2 Å². The lowest BCUT2D eigenvalue weighted by Crippen LogP contribution is -2.50. The summed E-state index contributed by atoms with van der Waals surface area (Å²) in [6, 6.07) is 5.75. The number of hydrogen-bond acceptors (Lipinski definition) is 5. The Bertz CT molecular complexity index is 929. The van der Waals surface area contributed by atoms with Crippen molar-refractivity contribution in [2.24, 2.45) is 0 Å². The van der Waals surface area contributed by atoms with Crippen molar-refractivity contribution >= 4 is 23.3 Å². The van der Waals surface area contributed by atoms with Gasteiger partial charge in [-0.05, 0) is 56.6 Å². The van der Waals surface area contributed by atoms with Crippen LogP contribution in [0.5, 0.6) is 0 Å². The molecule has 0 saturated carbocycles. The molecule has 0 radical (unpaired) electrons. The number of rotatable bonds is 3. The number of pyridine rings is 2. The SMILES string of the molecule is Cc1ccn(C2CCNCC2)c(=O)c1C(=O)N1CCN(c2ccc(Cl)cn2)CC1. The van der Waals surface area contributed by atoms with E-state index in [0.717, 1.165) is 37.3 Å². The van der Waals surface area contributed by atoms with Crippen LogP contribution < -0.4 is 15.8 Å². The van der Waals surface area contributed by atoms with Crippen molar-refractivity contribution in [3.8, 4) is 0 Å². The molecule has 0 aliphatic carbocycles. The lowest BCUT2D eigenvalue weighted by Gasteiger charge is -2.35. The summed E-state index contributed by atoms with van der Waals surface area (Å²) in [5, 5.41) is 3.92. The van der Waals surface area contributed by atoms with Crippen molar-refractivity contribution in [2.45, 2.75) is 25.8 Å². The van der Waals surface area contributed by atoms with E-state index in [0.29, 0.717) is 36.8 Å². The molecule has 0 bridgehead atoms. The number of carbonyl (C=O) groups excluding carboxylic acids is 1. The number of nitrogens with zero attached hydrogens (tertiary/aromatic N) is 4. The molecule has 0 aromatic carbocycles. The molecule has 2 fully saturated rings. The molecular weight excluding hydrogens is 390 g/mol. The van der Waals surface area contributed by atoms with Gasteiger partial charge in [-0.1, -0.05) is 11.6 Å². The largest absolute Gasteiger partial charge is 0.353 e. The van der Waals surface area contributed by atoms with E-state index >= 15 is 0 Å². The van der Waals surface area contributed by atoms with E-state index < -0.39 is 0 Å². The minimum atomic E-state index is -0.167. The highest BCUT2D eigenvalue weighted by Crippen LogP contribution is 2.19. The summed E-state index contributed by atoms with van der Waals surface area (Å²) < 4.78 is 1.76. The van der Waals surface area contributed by atoms with E-state index in [1.807, 2.05) is 31.3 Å². The van der Waals surface area contributed by atoms with Crippen LogP contribution in [0.25, 0.3) is 0 Å². The standard InChI is InChI=1S/C21H26ClN5O2/c1-15-6-9-27(17-4-7-23-8-5-17)21(29)19(15)20(28)26-12-10-25(11-13-26)18-3-2-16(22)14-24-18/h2-3,6,9,14,17,23H,4-5,7-8,10-13H2,1H3. The fourth-order valence-electron chi connectivity index (χ4n) is 4.13. The number of anilines is 1. The van der Waals surface area contributed by atoms with E-state index in [2.05, 4.69) is 15.2 Å². The van der Waals surface area contributed by atoms with Gasteiger partial charge in [-0.3, -0.25) is 9.59 Å². The number of hydrogen-bond donors (Lipinski definition) is 1. The fourth-order valence-corrected chi connectivity index (χ4v) is 4.24. The van der Waals surface area contributed by atoms with Crippen molar-refractivity contribution in [3.63, 3.8) is 0 Å². The Kier molecular flexibility index (Phi) is 5.87. The van der Waals surface area contributed by atoms with Crippen LogP contribution in [-0.2, 0) is 0 Å². The van der Waals surface area contributed by atoms with Crippen LogP contribution in [0.1, 0.15) is 34.8 Å². The molecule has 1 N–H and O–H groups in total. The molecule has 2 aromatic heterocycles. The smallest absolute Gasteiger partial charge is 0.263 e. The van der Waals surface area contributed by atoms with Crippen molar-refractivity contribution in [1.29, 1.82) is 0 Å². The fraction of sp³-hybridized carbons (Fsp3) is 0.476. The molecule has 8 heteroatoms. The topological polar surface area (TPSA) is 70.5 Å². The van der Waals surface area contributed by atoms with Gasteiger partial charge in [0.1, 0.15) is 11.4 Å². The number of piperazine rings is 1. The van der Waals surface area contributed by atoms with E-state index in [1.165, 1.54) is 0 Å². The van der Waals surface area contributed by atoms with Gasteiger partial charge in [0.15, 0.2) is 0 Å². The quantitative estimate of drug-likeness (QED) is 0.831. The first-order valence-corrected chi connectivity index (χ1v) is 10.5. The van der Waals surface area contributed by atoms with Gasteiger partial charge in [0.25, 0.3) is 11.5 Å². The molecule has 2 aliphatic rings. The van der Waals surface area contributed by atoms with Crippen LogP contribution in [-0.4, -0.2) is 59.6 Å². The molecule has 0 atom stereocenters. The summed E-state index contributed by atoms with van der Waals surface area (Å²) in [7, 11) is 0. The first-order chi connectivity index (χ1) is 14.0. The zero-order valence-electron chi connectivity index (χ0n) is 16.6. The van der Waals surface area contributed by atoms with Crippen LogP contribution in [0.4, 0.5) is 5.82 Å². The summed E-state index contributed by atoms with van der Waals surface area (Å²) >= 11 is 5.91. The zero-order valence-corrected chi connectivity index (χ0v) is 17.4. The number of halogens is 1. The zero-order chi connectivity index (χ0) is 20.4. The van der Waals surface area contributed by atoms with E-state index in [1.54, 1.807) is 15.7 Å². The summed E-state index contributed by atoms with van der Waals surface area (Å²) in [6.45, 7) is 6.11. The minimum Gasteiger partial charge on any atom is -0.353 e. The molecule has 2 saturated heterocycles. The Morgan fingerprint density at radius 3 is 2.52 bits per heavy atom. The second-order valence-electron chi connectivity index (χ2n) is 7.68. The highest BCUT2D eigenvalue weighted by atomic mass is 35.5. The van der Waals surface area contributed by atoms with E-state index in [-0.39, 0.29) is 17.5 Å². The Morgan fingerprint density at radius 1 is 1.14 bits per heavy atom. The van der Waals surface area contributed by atoms with Crippen LogP contribution in [0.2, 0.25) is 5.02 Å². The maximum Gasteiger partial charge on any atom is 0.263 e. The van der Waals surface area contributed by atoms with Crippen LogP contribution >= 0.6 is 11.6 Å². The first-order valence-electron chi connectivity index (χ1n) is 10.1. The van der Waals surface area contributed by atoms with Gasteiger partial charge in [0.05, 0.1) is 5.02 Å². The van der Waals surface area contributed by atoms with Gasteiger partial charge in [0.2, 0.25) is 0 Å². The third-order valence-electron chi connectivity index (χ3n) is 5.85. The lowest BCUT2D eigenvalue weighted by atomic mass is 10.0. The number of aromatic nitrogens is 2. The second-order valence-corrected chi connectivity index (χ2v) is 8.12. The van der Waals surface area contributed by atoms with Gasteiger partial charge in [-0.2, -0.15) is 0 Å². The molecule has 0 spiro atoms. The molecule has 4 rings (SSSR count). The highest BCUT2D eigenvalue weighted by Gasteiger charge is 2.27. The molecule has 1 amide bonds. The maximum absolute atomic E-state index is 13.2. The number of aryl methyl sites for hydroxylation is 1. The number of amides is 1. The van der Waals surface area contributed by atoms with Crippen LogP contribution in [0.15, 0.2) is 35.4 Å². The van der Waals surface area contributed by atoms with Gasteiger partial charge in [0, 0.05) is 44.6 Å². The Balaban J connectivity index is 1.50. The summed E-state index contributed by atoms with van der Waals surface area (Å²) in [4.78, 5) is 34.6. The molecular formula is C21H26ClN5O2. The molecule has 29 heavy (non-hydrogen) atoms. The van der Waals surface area contributed by atoms with Crippen molar-refractivity contribution < 1.29 is 4.79 Å². The van der Waals surface area contributed by atoms with Crippen molar-refractivity contribution in [3.05, 3.63) is 57.1 Å². The minimum absolute atomic E-state index is 0.156. The second kappa shape index (κ2) is 8.55. The Labute approximate surface area is 175 Å². The number of nitrogens with one attached hydrogen (secondary N) is 1. The average molecular weight is 416 g/mol. The van der Waals surface area contributed by atoms with E-state index in [9.17, 15) is 9.59 Å². The highest BCUT2D eigenvalue weighted by molar-refractivity contribution is 6.30. The van der Waals surface area contributed by atoms with Crippen LogP contribution in [0.3, 0.4) is 0 Å². The van der Waals surface area contributed by atoms with Crippen molar-refractivity contribution in [1.82, 2.24) is 19.8 Å². The average Bonchev–Trinajstić information content (AvgIpc) is 2.75. The molecule has 0 unspecified atom stereocenters. The summed E-state index contributed by atoms with van der Waals surface area (Å²) in [5.74, 6) is 0.685. The number of piperidine rings is 1. The molecule has 154 valence electrons.